The molecular weight excluding hydrogens is 336 g/mol. The van der Waals surface area contributed by atoms with Crippen LogP contribution in [0.15, 0.2) is 40.5 Å². The van der Waals surface area contributed by atoms with Gasteiger partial charge in [0.1, 0.15) is 6.61 Å². The smallest absolute Gasteiger partial charge is 0.310 e. The number of rotatable bonds is 4. The van der Waals surface area contributed by atoms with Crippen molar-refractivity contribution in [2.75, 3.05) is 0 Å². The quantitative estimate of drug-likeness (QED) is 0.680. The molecule has 0 unspecified atom stereocenters. The van der Waals surface area contributed by atoms with Gasteiger partial charge in [0.05, 0.1) is 12.1 Å². The Kier molecular flexibility index (Phi) is 4.45. The fourth-order valence-corrected chi connectivity index (χ4v) is 3.17. The maximum atomic E-state index is 12.0. The van der Waals surface area contributed by atoms with Crippen LogP contribution in [0.1, 0.15) is 17.0 Å². The third-order valence-electron chi connectivity index (χ3n) is 3.27. The highest BCUT2D eigenvalue weighted by atomic mass is 35.5. The van der Waals surface area contributed by atoms with Crippen LogP contribution in [0.4, 0.5) is 0 Å². The molecule has 3 aromatic rings. The molecule has 2 aromatic heterocycles. The van der Waals surface area contributed by atoms with E-state index < -0.39 is 0 Å². The first kappa shape index (κ1) is 15.7. The van der Waals surface area contributed by atoms with E-state index in [1.54, 1.807) is 24.3 Å². The fraction of sp³-hybridized carbons (Fsp3) is 0.188. The number of carbonyl (C=O) groups excluding carboxylic acids is 1. The van der Waals surface area contributed by atoms with Crippen molar-refractivity contribution in [3.8, 4) is 0 Å². The molecule has 118 valence electrons. The van der Waals surface area contributed by atoms with Gasteiger partial charge in [0.2, 0.25) is 0 Å². The van der Waals surface area contributed by atoms with E-state index in [0.717, 1.165) is 11.3 Å². The summed E-state index contributed by atoms with van der Waals surface area (Å²) in [6, 6.07) is 8.38. The number of fused-ring (bicyclic) bond motifs is 1. The van der Waals surface area contributed by atoms with Crippen LogP contribution in [-0.2, 0) is 22.6 Å². The van der Waals surface area contributed by atoms with Gasteiger partial charge in [0, 0.05) is 22.2 Å². The monoisotopic (exact) mass is 348 g/mol. The van der Waals surface area contributed by atoms with Gasteiger partial charge in [-0.1, -0.05) is 23.7 Å². The first-order valence-electron chi connectivity index (χ1n) is 6.90. The Morgan fingerprint density at radius 1 is 1.35 bits per heavy atom. The second kappa shape index (κ2) is 6.52. The van der Waals surface area contributed by atoms with E-state index in [1.165, 1.54) is 21.8 Å². The first-order chi connectivity index (χ1) is 11.0. The van der Waals surface area contributed by atoms with Crippen LogP contribution in [0.3, 0.4) is 0 Å². The van der Waals surface area contributed by atoms with E-state index >= 15 is 0 Å². The molecule has 0 aliphatic rings. The lowest BCUT2D eigenvalue weighted by Gasteiger charge is -2.05. The first-order valence-corrected chi connectivity index (χ1v) is 8.15. The number of benzene rings is 1. The standard InChI is InChI=1S/C16H13ClN2O3S/c1-10-9-23-16-18-13(7-14(20)19(10)16)8-22-15(21)6-11-2-4-12(17)5-3-11/h2-5,7,9H,6,8H2,1H3. The zero-order chi connectivity index (χ0) is 16.4. The molecule has 1 aromatic carbocycles. The second-order valence-electron chi connectivity index (χ2n) is 5.04. The molecule has 0 radical (unpaired) electrons. The second-order valence-corrected chi connectivity index (χ2v) is 6.32. The summed E-state index contributed by atoms with van der Waals surface area (Å²) in [5, 5.41) is 2.48. The van der Waals surface area contributed by atoms with E-state index in [2.05, 4.69) is 4.98 Å². The van der Waals surface area contributed by atoms with Crippen molar-refractivity contribution < 1.29 is 9.53 Å². The number of thiazole rings is 1. The minimum Gasteiger partial charge on any atom is -0.459 e. The molecule has 0 saturated heterocycles. The highest BCUT2D eigenvalue weighted by Crippen LogP contribution is 2.13. The average molecular weight is 349 g/mol. The number of nitrogens with zero attached hydrogens (tertiary/aromatic N) is 2. The summed E-state index contributed by atoms with van der Waals surface area (Å²) in [6.45, 7) is 1.83. The van der Waals surface area contributed by atoms with Crippen LogP contribution >= 0.6 is 22.9 Å². The van der Waals surface area contributed by atoms with Gasteiger partial charge in [-0.3, -0.25) is 14.0 Å². The molecule has 0 aliphatic carbocycles. The number of carbonyl (C=O) groups is 1. The topological polar surface area (TPSA) is 60.7 Å². The van der Waals surface area contributed by atoms with Gasteiger partial charge in [-0.05, 0) is 24.6 Å². The van der Waals surface area contributed by atoms with Crippen LogP contribution in [0.5, 0.6) is 0 Å². The Balaban J connectivity index is 1.67. The van der Waals surface area contributed by atoms with Crippen molar-refractivity contribution in [2.45, 2.75) is 20.0 Å². The van der Waals surface area contributed by atoms with E-state index in [4.69, 9.17) is 16.3 Å². The molecule has 0 N–H and O–H groups in total. The summed E-state index contributed by atoms with van der Waals surface area (Å²) in [4.78, 5) is 28.8. The van der Waals surface area contributed by atoms with Crippen LogP contribution in [-0.4, -0.2) is 15.4 Å². The van der Waals surface area contributed by atoms with Gasteiger partial charge in [0.25, 0.3) is 5.56 Å². The summed E-state index contributed by atoms with van der Waals surface area (Å²) >= 11 is 7.18. The largest absolute Gasteiger partial charge is 0.459 e. The van der Waals surface area contributed by atoms with Crippen LogP contribution in [0.25, 0.3) is 4.96 Å². The summed E-state index contributed by atoms with van der Waals surface area (Å²) in [7, 11) is 0. The van der Waals surface area contributed by atoms with Gasteiger partial charge >= 0.3 is 5.97 Å². The number of esters is 1. The van der Waals surface area contributed by atoms with Crippen molar-refractivity contribution in [1.82, 2.24) is 9.38 Å². The third kappa shape index (κ3) is 3.60. The van der Waals surface area contributed by atoms with Crippen molar-refractivity contribution in [2.24, 2.45) is 0 Å². The predicted octanol–water partition coefficient (Wildman–Crippen LogP) is 3.00. The summed E-state index contributed by atoms with van der Waals surface area (Å²) in [5.74, 6) is -0.378. The molecule has 7 heteroatoms. The third-order valence-corrected chi connectivity index (χ3v) is 4.47. The maximum absolute atomic E-state index is 12.0. The highest BCUT2D eigenvalue weighted by Gasteiger charge is 2.09. The molecule has 0 amide bonds. The van der Waals surface area contributed by atoms with Crippen LogP contribution in [0.2, 0.25) is 5.02 Å². The normalized spacial score (nSPS) is 10.9. The molecule has 0 spiro atoms. The minimum absolute atomic E-state index is 0.0187. The lowest BCUT2D eigenvalue weighted by atomic mass is 10.1. The zero-order valence-corrected chi connectivity index (χ0v) is 13.9. The molecule has 0 saturated carbocycles. The van der Waals surface area contributed by atoms with E-state index in [-0.39, 0.29) is 24.6 Å². The molecule has 2 heterocycles. The molecular formula is C16H13ClN2O3S. The zero-order valence-electron chi connectivity index (χ0n) is 12.3. The van der Waals surface area contributed by atoms with E-state index in [0.29, 0.717) is 15.7 Å². The number of aromatic nitrogens is 2. The van der Waals surface area contributed by atoms with Gasteiger partial charge in [0.15, 0.2) is 4.96 Å². The highest BCUT2D eigenvalue weighted by molar-refractivity contribution is 7.15. The van der Waals surface area contributed by atoms with Gasteiger partial charge < -0.3 is 4.74 Å². The van der Waals surface area contributed by atoms with Crippen LogP contribution in [0, 0.1) is 6.92 Å². The Morgan fingerprint density at radius 3 is 2.83 bits per heavy atom. The Labute approximate surface area is 141 Å². The van der Waals surface area contributed by atoms with E-state index in [9.17, 15) is 9.59 Å². The summed E-state index contributed by atoms with van der Waals surface area (Å²) in [6.07, 6.45) is 0.149. The summed E-state index contributed by atoms with van der Waals surface area (Å²) in [5.41, 5.74) is 1.93. The lowest BCUT2D eigenvalue weighted by molar-refractivity contribution is -0.144. The fourth-order valence-electron chi connectivity index (χ4n) is 2.15. The molecule has 0 fully saturated rings. The van der Waals surface area contributed by atoms with Gasteiger partial charge in [-0.15, -0.1) is 11.3 Å². The average Bonchev–Trinajstić information content (AvgIpc) is 2.89. The summed E-state index contributed by atoms with van der Waals surface area (Å²) < 4.78 is 6.73. The number of halogens is 1. The number of hydrogen-bond donors (Lipinski definition) is 0. The number of hydrogen-bond acceptors (Lipinski definition) is 5. The maximum Gasteiger partial charge on any atom is 0.310 e. The van der Waals surface area contributed by atoms with Crippen molar-refractivity contribution in [3.05, 3.63) is 68.0 Å². The molecule has 0 bridgehead atoms. The lowest BCUT2D eigenvalue weighted by Crippen LogP contribution is -2.16. The van der Waals surface area contributed by atoms with Crippen molar-refractivity contribution in [3.63, 3.8) is 0 Å². The molecule has 3 rings (SSSR count). The van der Waals surface area contributed by atoms with E-state index in [1.807, 2.05) is 12.3 Å². The van der Waals surface area contributed by atoms with Crippen molar-refractivity contribution >= 4 is 33.9 Å². The minimum atomic E-state index is -0.378. The van der Waals surface area contributed by atoms with Gasteiger partial charge in [-0.2, -0.15) is 0 Å². The van der Waals surface area contributed by atoms with Crippen molar-refractivity contribution in [1.29, 1.82) is 0 Å². The van der Waals surface area contributed by atoms with Gasteiger partial charge in [-0.25, -0.2) is 4.98 Å². The molecule has 23 heavy (non-hydrogen) atoms. The van der Waals surface area contributed by atoms with Crippen LogP contribution < -0.4 is 5.56 Å². The number of ether oxygens (including phenoxy) is 1. The molecule has 0 atom stereocenters. The number of aryl methyl sites for hydroxylation is 1. The Bertz CT molecular complexity index is 915. The Hall–Kier alpha value is -2.18. The molecule has 0 aliphatic heterocycles. The SMILES string of the molecule is Cc1csc2nc(COC(=O)Cc3ccc(Cl)cc3)cc(=O)n12. The predicted molar refractivity (Wildman–Crippen MR) is 89.0 cm³/mol. The molecule has 5 nitrogen and oxygen atoms in total. The Morgan fingerprint density at radius 2 is 2.09 bits per heavy atom.